The summed E-state index contributed by atoms with van der Waals surface area (Å²) in [6, 6.07) is 5.59. The first-order valence-electron chi connectivity index (χ1n) is 13.4. The number of piperidine rings is 1. The smallest absolute Gasteiger partial charge is 0.245 e. The second-order valence-electron chi connectivity index (χ2n) is 12.1. The summed E-state index contributed by atoms with van der Waals surface area (Å²) in [5.74, 6) is -0.970. The highest BCUT2D eigenvalue weighted by atomic mass is 19.1. The third-order valence-electron chi connectivity index (χ3n) is 7.93. The molecule has 37 heavy (non-hydrogen) atoms. The van der Waals surface area contributed by atoms with Crippen LogP contribution in [0.25, 0.3) is 0 Å². The monoisotopic (exact) mass is 518 g/mol. The Labute approximate surface area is 219 Å². The average molecular weight is 519 g/mol. The molecule has 0 unspecified atom stereocenters. The number of halogens is 1. The first-order valence-corrected chi connectivity index (χ1v) is 13.4. The number of hydrogen-bond acceptors (Lipinski definition) is 5. The molecule has 2 atom stereocenters. The van der Waals surface area contributed by atoms with E-state index in [9.17, 15) is 24.0 Å². The third kappa shape index (κ3) is 8.23. The van der Waals surface area contributed by atoms with Gasteiger partial charge in [0.25, 0.3) is 0 Å². The van der Waals surface area contributed by atoms with E-state index in [1.165, 1.54) is 12.1 Å². The van der Waals surface area contributed by atoms with E-state index in [-0.39, 0.29) is 24.2 Å². The van der Waals surface area contributed by atoms with Crippen molar-refractivity contribution < 1.29 is 24.0 Å². The molecule has 0 bridgehead atoms. The fourth-order valence-electron chi connectivity index (χ4n) is 5.63. The van der Waals surface area contributed by atoms with Crippen LogP contribution in [0, 0.1) is 23.1 Å². The second-order valence-corrected chi connectivity index (χ2v) is 12.1. The second kappa shape index (κ2) is 12.3. The number of nitrogens with one attached hydrogen (secondary N) is 1. The Kier molecular flexibility index (Phi) is 9.69. The van der Waals surface area contributed by atoms with E-state index in [2.05, 4.69) is 5.32 Å². The van der Waals surface area contributed by atoms with Crippen molar-refractivity contribution >= 4 is 18.2 Å². The van der Waals surface area contributed by atoms with Gasteiger partial charge in [0.15, 0.2) is 0 Å². The Hall–Kier alpha value is -2.52. The Morgan fingerprint density at radius 2 is 1.81 bits per heavy atom. The number of hydroxylamine groups is 2. The number of benzene rings is 1. The van der Waals surface area contributed by atoms with Gasteiger partial charge in [-0.3, -0.25) is 19.6 Å². The quantitative estimate of drug-likeness (QED) is 0.250. The largest absolute Gasteiger partial charge is 0.344 e. The van der Waals surface area contributed by atoms with Crippen molar-refractivity contribution in [2.75, 3.05) is 19.6 Å². The first kappa shape index (κ1) is 29.0. The Balaban J connectivity index is 1.65. The summed E-state index contributed by atoms with van der Waals surface area (Å²) in [5.41, 5.74) is 6.59. The maximum atomic E-state index is 13.6. The average Bonchev–Trinajstić information content (AvgIpc) is 3.36. The maximum absolute atomic E-state index is 13.6. The fraction of sp³-hybridized carbons (Fsp3) is 0.679. The molecule has 1 saturated carbocycles. The number of carbonyl (C=O) groups is 3. The van der Waals surface area contributed by atoms with E-state index in [1.807, 2.05) is 20.8 Å². The van der Waals surface area contributed by atoms with Crippen LogP contribution >= 0.6 is 0 Å². The van der Waals surface area contributed by atoms with Gasteiger partial charge in [-0.2, -0.15) is 0 Å². The molecule has 1 heterocycles. The topological polar surface area (TPSA) is 116 Å². The number of amides is 3. The zero-order chi connectivity index (χ0) is 27.2. The SMILES string of the molecule is CC(C)(C)[C@H](NC(=O)[C@H](CC1CCCC1)CN(O)C=O)C(=O)N1CCC(N)(Cc2ccc(F)cc2)CC1. The summed E-state index contributed by atoms with van der Waals surface area (Å²) in [6.07, 6.45) is 6.99. The zero-order valence-electron chi connectivity index (χ0n) is 22.4. The summed E-state index contributed by atoms with van der Waals surface area (Å²) in [6.45, 7) is 6.59. The molecular formula is C28H43FN4O4. The van der Waals surface area contributed by atoms with Gasteiger partial charge < -0.3 is 16.0 Å². The van der Waals surface area contributed by atoms with Crippen molar-refractivity contribution in [2.45, 2.75) is 83.7 Å². The van der Waals surface area contributed by atoms with Crippen LogP contribution in [0.1, 0.15) is 71.3 Å². The predicted molar refractivity (Wildman–Crippen MR) is 139 cm³/mol. The van der Waals surface area contributed by atoms with Crippen molar-refractivity contribution in [3.63, 3.8) is 0 Å². The molecule has 2 aliphatic rings. The summed E-state index contributed by atoms with van der Waals surface area (Å²) < 4.78 is 13.3. The number of likely N-dealkylation sites (tertiary alicyclic amines) is 1. The lowest BCUT2D eigenvalue weighted by molar-refractivity contribution is -0.156. The van der Waals surface area contributed by atoms with Crippen molar-refractivity contribution in [1.82, 2.24) is 15.3 Å². The van der Waals surface area contributed by atoms with Crippen LogP contribution < -0.4 is 11.1 Å². The standard InChI is InChI=1S/C28H43FN4O4/c1-27(2,3)24(31-25(35)22(18-33(37)19-34)16-20-6-4-5-7-20)26(36)32-14-12-28(30,13-15-32)17-21-8-10-23(29)11-9-21/h8-11,19-20,22,24,37H,4-7,12-18,30H2,1-3H3,(H,31,35)/t22-,24-/m1/s1. The molecule has 4 N–H and O–H groups in total. The molecule has 0 radical (unpaired) electrons. The molecule has 0 aromatic heterocycles. The minimum Gasteiger partial charge on any atom is -0.344 e. The molecular weight excluding hydrogens is 475 g/mol. The van der Waals surface area contributed by atoms with Gasteiger partial charge in [-0.15, -0.1) is 0 Å². The zero-order valence-corrected chi connectivity index (χ0v) is 22.4. The normalized spacial score (nSPS) is 19.8. The van der Waals surface area contributed by atoms with Gasteiger partial charge in [-0.1, -0.05) is 58.6 Å². The van der Waals surface area contributed by atoms with Gasteiger partial charge in [0.05, 0.1) is 12.5 Å². The van der Waals surface area contributed by atoms with Crippen LogP contribution in [-0.2, 0) is 20.8 Å². The molecule has 3 rings (SSSR count). The molecule has 1 aliphatic heterocycles. The molecule has 1 aliphatic carbocycles. The maximum Gasteiger partial charge on any atom is 0.245 e. The van der Waals surface area contributed by atoms with Crippen molar-refractivity contribution in [2.24, 2.45) is 23.0 Å². The van der Waals surface area contributed by atoms with E-state index in [4.69, 9.17) is 5.73 Å². The lowest BCUT2D eigenvalue weighted by Gasteiger charge is -2.42. The van der Waals surface area contributed by atoms with Gasteiger partial charge >= 0.3 is 0 Å². The summed E-state index contributed by atoms with van der Waals surface area (Å²) in [7, 11) is 0. The molecule has 0 spiro atoms. The Morgan fingerprint density at radius 3 is 2.35 bits per heavy atom. The molecule has 9 heteroatoms. The molecule has 2 fully saturated rings. The van der Waals surface area contributed by atoms with E-state index in [1.54, 1.807) is 17.0 Å². The number of nitrogens with two attached hydrogens (primary N) is 1. The van der Waals surface area contributed by atoms with Crippen LogP contribution in [0.4, 0.5) is 4.39 Å². The third-order valence-corrected chi connectivity index (χ3v) is 7.93. The van der Waals surface area contributed by atoms with Crippen LogP contribution in [0.5, 0.6) is 0 Å². The minimum absolute atomic E-state index is 0.0975. The summed E-state index contributed by atoms with van der Waals surface area (Å²) >= 11 is 0. The number of carbonyl (C=O) groups excluding carboxylic acids is 3. The van der Waals surface area contributed by atoms with Crippen LogP contribution in [0.2, 0.25) is 0 Å². The van der Waals surface area contributed by atoms with Crippen molar-refractivity contribution in [3.05, 3.63) is 35.6 Å². The highest BCUT2D eigenvalue weighted by Crippen LogP contribution is 2.32. The van der Waals surface area contributed by atoms with E-state index >= 15 is 0 Å². The first-order chi connectivity index (χ1) is 17.4. The molecule has 206 valence electrons. The highest BCUT2D eigenvalue weighted by Gasteiger charge is 2.40. The minimum atomic E-state index is -0.753. The van der Waals surface area contributed by atoms with Crippen LogP contribution in [0.3, 0.4) is 0 Å². The van der Waals surface area contributed by atoms with Crippen LogP contribution in [-0.4, -0.2) is 64.6 Å². The lowest BCUT2D eigenvalue weighted by Crippen LogP contribution is -2.60. The van der Waals surface area contributed by atoms with E-state index in [0.29, 0.717) is 56.2 Å². The predicted octanol–water partition coefficient (Wildman–Crippen LogP) is 3.26. The van der Waals surface area contributed by atoms with E-state index < -0.39 is 22.9 Å². The molecule has 1 saturated heterocycles. The fourth-order valence-corrected chi connectivity index (χ4v) is 5.63. The van der Waals surface area contributed by atoms with Crippen LogP contribution in [0.15, 0.2) is 24.3 Å². The van der Waals surface area contributed by atoms with Gasteiger partial charge in [0.1, 0.15) is 11.9 Å². The van der Waals surface area contributed by atoms with E-state index in [0.717, 1.165) is 31.2 Å². The molecule has 3 amide bonds. The van der Waals surface area contributed by atoms with Gasteiger partial charge in [0, 0.05) is 18.6 Å². The van der Waals surface area contributed by atoms with Gasteiger partial charge in [-0.05, 0) is 54.7 Å². The number of rotatable bonds is 10. The van der Waals surface area contributed by atoms with Gasteiger partial charge in [0.2, 0.25) is 18.2 Å². The summed E-state index contributed by atoms with van der Waals surface area (Å²) in [5, 5.41) is 13.3. The van der Waals surface area contributed by atoms with Gasteiger partial charge in [-0.25, -0.2) is 9.45 Å². The molecule has 8 nitrogen and oxygen atoms in total. The Morgan fingerprint density at radius 1 is 1.22 bits per heavy atom. The Bertz CT molecular complexity index is 919. The van der Waals surface area contributed by atoms with Crippen molar-refractivity contribution in [3.8, 4) is 0 Å². The number of nitrogens with zero attached hydrogens (tertiary/aromatic N) is 2. The highest BCUT2D eigenvalue weighted by molar-refractivity contribution is 5.89. The summed E-state index contributed by atoms with van der Waals surface area (Å²) in [4.78, 5) is 39.8. The lowest BCUT2D eigenvalue weighted by atomic mass is 9.81. The molecule has 1 aromatic rings. The molecule has 1 aromatic carbocycles. The number of hydrogen-bond donors (Lipinski definition) is 3. The van der Waals surface area contributed by atoms with Crippen molar-refractivity contribution in [1.29, 1.82) is 0 Å².